The van der Waals surface area contributed by atoms with Gasteiger partial charge in [0.2, 0.25) is 5.91 Å². The molecular formula is C19H27N3O3. The second-order valence-corrected chi connectivity index (χ2v) is 7.71. The molecule has 0 bridgehead atoms. The summed E-state index contributed by atoms with van der Waals surface area (Å²) in [7, 11) is 0. The number of likely N-dealkylation sites (tertiary alicyclic amines) is 1. The van der Waals surface area contributed by atoms with Gasteiger partial charge in [0.25, 0.3) is 0 Å². The van der Waals surface area contributed by atoms with Crippen LogP contribution in [0.4, 0.5) is 0 Å². The lowest BCUT2D eigenvalue weighted by Gasteiger charge is -2.38. The molecule has 1 amide bonds. The van der Waals surface area contributed by atoms with Crippen molar-refractivity contribution in [3.05, 3.63) is 29.2 Å². The largest absolute Gasteiger partial charge is 0.381 e. The summed E-state index contributed by atoms with van der Waals surface area (Å²) in [5.41, 5.74) is 2.17. The third kappa shape index (κ3) is 3.02. The van der Waals surface area contributed by atoms with Crippen molar-refractivity contribution in [1.82, 2.24) is 15.0 Å². The fraction of sp³-hybridized carbons (Fsp3) is 0.684. The summed E-state index contributed by atoms with van der Waals surface area (Å²) in [5, 5.41) is 4.07. The smallest absolute Gasteiger partial charge is 0.228 e. The standard InChI is InChI=1S/C19H27N3O3/c1-14-16(15(2)25-20-14)11-21-12-17(18(23)22-7-3-4-8-22)19(13-21)5-9-24-10-6-19/h3-4,17H,5-13H2,1-2H3/t17-/m1/s1. The fourth-order valence-corrected chi connectivity index (χ4v) is 4.65. The first-order valence-corrected chi connectivity index (χ1v) is 9.25. The second-order valence-electron chi connectivity index (χ2n) is 7.71. The molecule has 1 atom stereocenters. The minimum Gasteiger partial charge on any atom is -0.381 e. The molecule has 6 heteroatoms. The van der Waals surface area contributed by atoms with Gasteiger partial charge in [-0.25, -0.2) is 0 Å². The molecule has 4 rings (SSSR count). The number of ether oxygens (including phenoxy) is 1. The first-order valence-electron chi connectivity index (χ1n) is 9.25. The number of amides is 1. The van der Waals surface area contributed by atoms with E-state index in [0.717, 1.165) is 75.8 Å². The highest BCUT2D eigenvalue weighted by Gasteiger charge is 2.51. The molecule has 3 aliphatic heterocycles. The number of carbonyl (C=O) groups is 1. The summed E-state index contributed by atoms with van der Waals surface area (Å²) in [4.78, 5) is 17.6. The van der Waals surface area contributed by atoms with Crippen LogP contribution in [0.15, 0.2) is 16.7 Å². The Bertz CT molecular complexity index is 648. The zero-order chi connectivity index (χ0) is 17.4. The van der Waals surface area contributed by atoms with Crippen LogP contribution in [-0.4, -0.2) is 60.3 Å². The Morgan fingerprint density at radius 1 is 1.28 bits per heavy atom. The van der Waals surface area contributed by atoms with Gasteiger partial charge >= 0.3 is 0 Å². The number of hydrogen-bond acceptors (Lipinski definition) is 5. The molecule has 0 N–H and O–H groups in total. The SMILES string of the molecule is Cc1noc(C)c1CN1C[C@H](C(=O)N2CC=CC2)C2(CCOCC2)C1. The monoisotopic (exact) mass is 345 g/mol. The van der Waals surface area contributed by atoms with Gasteiger partial charge in [0.15, 0.2) is 0 Å². The van der Waals surface area contributed by atoms with Crippen molar-refractivity contribution in [2.24, 2.45) is 11.3 Å². The predicted molar refractivity (Wildman–Crippen MR) is 93.0 cm³/mol. The first kappa shape index (κ1) is 16.8. The van der Waals surface area contributed by atoms with Crippen LogP contribution in [0, 0.1) is 25.2 Å². The van der Waals surface area contributed by atoms with Crippen molar-refractivity contribution in [2.45, 2.75) is 33.2 Å². The molecule has 0 aliphatic carbocycles. The Labute approximate surface area is 148 Å². The highest BCUT2D eigenvalue weighted by Crippen LogP contribution is 2.45. The van der Waals surface area contributed by atoms with E-state index in [2.05, 4.69) is 22.2 Å². The lowest BCUT2D eigenvalue weighted by molar-refractivity contribution is -0.139. The highest BCUT2D eigenvalue weighted by molar-refractivity contribution is 5.81. The van der Waals surface area contributed by atoms with Crippen LogP contribution in [0.3, 0.4) is 0 Å². The third-order valence-electron chi connectivity index (χ3n) is 6.20. The lowest BCUT2D eigenvalue weighted by atomic mass is 9.71. The lowest BCUT2D eigenvalue weighted by Crippen LogP contribution is -2.45. The van der Waals surface area contributed by atoms with E-state index in [1.54, 1.807) is 0 Å². The molecule has 2 fully saturated rings. The summed E-state index contributed by atoms with van der Waals surface area (Å²) in [6.45, 7) is 9.59. The van der Waals surface area contributed by atoms with E-state index >= 15 is 0 Å². The Kier molecular flexibility index (Phi) is 4.41. The van der Waals surface area contributed by atoms with Crippen LogP contribution in [0.25, 0.3) is 0 Å². The number of hydrogen-bond donors (Lipinski definition) is 0. The summed E-state index contributed by atoms with van der Waals surface area (Å²) < 4.78 is 10.9. The van der Waals surface area contributed by atoms with E-state index in [1.165, 1.54) is 0 Å². The number of nitrogens with zero attached hydrogens (tertiary/aromatic N) is 3. The maximum Gasteiger partial charge on any atom is 0.228 e. The quantitative estimate of drug-likeness (QED) is 0.784. The van der Waals surface area contributed by atoms with E-state index in [4.69, 9.17) is 9.26 Å². The molecule has 1 aromatic rings. The molecule has 136 valence electrons. The van der Waals surface area contributed by atoms with Gasteiger partial charge < -0.3 is 14.2 Å². The summed E-state index contributed by atoms with van der Waals surface area (Å²) in [6.07, 6.45) is 6.13. The Morgan fingerprint density at radius 3 is 2.64 bits per heavy atom. The van der Waals surface area contributed by atoms with Crippen LogP contribution in [-0.2, 0) is 16.1 Å². The van der Waals surface area contributed by atoms with Crippen molar-refractivity contribution >= 4 is 5.91 Å². The highest BCUT2D eigenvalue weighted by atomic mass is 16.5. The maximum atomic E-state index is 13.2. The minimum absolute atomic E-state index is 0.0525. The molecule has 4 heterocycles. The molecule has 25 heavy (non-hydrogen) atoms. The Morgan fingerprint density at radius 2 is 2.00 bits per heavy atom. The van der Waals surface area contributed by atoms with Crippen LogP contribution in [0.5, 0.6) is 0 Å². The van der Waals surface area contributed by atoms with E-state index < -0.39 is 0 Å². The van der Waals surface area contributed by atoms with Gasteiger partial charge in [-0.2, -0.15) is 0 Å². The van der Waals surface area contributed by atoms with Crippen LogP contribution < -0.4 is 0 Å². The predicted octanol–water partition coefficient (Wildman–Crippen LogP) is 1.92. The van der Waals surface area contributed by atoms with E-state index in [-0.39, 0.29) is 11.3 Å². The topological polar surface area (TPSA) is 58.8 Å². The third-order valence-corrected chi connectivity index (χ3v) is 6.20. The molecule has 6 nitrogen and oxygen atoms in total. The average Bonchev–Trinajstić information content (AvgIpc) is 3.32. The molecule has 0 radical (unpaired) electrons. The molecule has 0 unspecified atom stereocenters. The normalized spacial score (nSPS) is 26.0. The first-order chi connectivity index (χ1) is 12.1. The molecule has 0 saturated carbocycles. The zero-order valence-corrected chi connectivity index (χ0v) is 15.2. The average molecular weight is 345 g/mol. The summed E-state index contributed by atoms with van der Waals surface area (Å²) >= 11 is 0. The molecule has 1 aromatic heterocycles. The number of carbonyl (C=O) groups excluding carboxylic acids is 1. The Balaban J connectivity index is 1.55. The van der Waals surface area contributed by atoms with Crippen molar-refractivity contribution in [2.75, 3.05) is 39.4 Å². The van der Waals surface area contributed by atoms with E-state index in [1.807, 2.05) is 18.7 Å². The van der Waals surface area contributed by atoms with Crippen LogP contribution >= 0.6 is 0 Å². The molecule has 3 aliphatic rings. The van der Waals surface area contributed by atoms with Gasteiger partial charge in [0.1, 0.15) is 5.76 Å². The van der Waals surface area contributed by atoms with Crippen LogP contribution in [0.1, 0.15) is 29.9 Å². The zero-order valence-electron chi connectivity index (χ0n) is 15.2. The van der Waals surface area contributed by atoms with E-state index in [9.17, 15) is 4.79 Å². The van der Waals surface area contributed by atoms with Crippen LogP contribution in [0.2, 0.25) is 0 Å². The van der Waals surface area contributed by atoms with Gasteiger partial charge in [-0.15, -0.1) is 0 Å². The number of aromatic nitrogens is 1. The van der Waals surface area contributed by atoms with Crippen molar-refractivity contribution < 1.29 is 14.1 Å². The molecule has 2 saturated heterocycles. The fourth-order valence-electron chi connectivity index (χ4n) is 4.65. The van der Waals surface area contributed by atoms with Gasteiger partial charge in [-0.1, -0.05) is 17.3 Å². The second kappa shape index (κ2) is 6.57. The van der Waals surface area contributed by atoms with Crippen molar-refractivity contribution in [3.8, 4) is 0 Å². The molecule has 0 aromatic carbocycles. The van der Waals surface area contributed by atoms with Gasteiger partial charge in [-0.05, 0) is 26.7 Å². The van der Waals surface area contributed by atoms with Gasteiger partial charge in [0.05, 0.1) is 11.6 Å². The summed E-state index contributed by atoms with van der Waals surface area (Å²) in [5.74, 6) is 1.27. The molecular weight excluding hydrogens is 318 g/mol. The Hall–Kier alpha value is -1.66. The van der Waals surface area contributed by atoms with E-state index in [0.29, 0.717) is 5.91 Å². The maximum absolute atomic E-state index is 13.2. The van der Waals surface area contributed by atoms with Gasteiger partial charge in [0, 0.05) is 56.9 Å². The van der Waals surface area contributed by atoms with Crippen molar-refractivity contribution in [3.63, 3.8) is 0 Å². The number of aryl methyl sites for hydroxylation is 2. The summed E-state index contributed by atoms with van der Waals surface area (Å²) in [6, 6.07) is 0. The minimum atomic E-state index is 0.0525. The number of rotatable bonds is 3. The van der Waals surface area contributed by atoms with Crippen molar-refractivity contribution in [1.29, 1.82) is 0 Å². The van der Waals surface area contributed by atoms with Gasteiger partial charge in [-0.3, -0.25) is 9.69 Å². The molecule has 1 spiro atoms.